The van der Waals surface area contributed by atoms with Gasteiger partial charge in [-0.2, -0.15) is 9.57 Å². The number of sulfonamides is 1. The summed E-state index contributed by atoms with van der Waals surface area (Å²) in [5.74, 6) is -1.28. The fourth-order valence-corrected chi connectivity index (χ4v) is 4.08. The number of carbonyl (C=O) groups is 1. The van der Waals surface area contributed by atoms with E-state index < -0.39 is 15.9 Å². The van der Waals surface area contributed by atoms with Gasteiger partial charge in [-0.1, -0.05) is 13.0 Å². The van der Waals surface area contributed by atoms with Crippen LogP contribution in [0.15, 0.2) is 24.3 Å². The Balaban J connectivity index is 1.97. The molecule has 1 atom stereocenters. The summed E-state index contributed by atoms with van der Waals surface area (Å²) in [7, 11) is -3.45. The number of anilines is 1. The normalized spacial score (nSPS) is 17.2. The van der Waals surface area contributed by atoms with Gasteiger partial charge in [-0.25, -0.2) is 8.42 Å². The largest absolute Gasteiger partial charge is 0.326 e. The average molecular weight is 336 g/mol. The second-order valence-corrected chi connectivity index (χ2v) is 7.52. The number of benzene rings is 1. The summed E-state index contributed by atoms with van der Waals surface area (Å²) in [6, 6.07) is 8.50. The van der Waals surface area contributed by atoms with E-state index in [1.165, 1.54) is 4.31 Å². The molecule has 1 aromatic carbocycles. The maximum Gasteiger partial charge on any atom is 0.228 e. The maximum absolute atomic E-state index is 12.3. The van der Waals surface area contributed by atoms with Crippen molar-refractivity contribution in [3.05, 3.63) is 29.8 Å². The standard InChI is InChI=1S/C15H20N4O3S/c1-12(11-23(21,22)19-7-5-17-6-8-19)15(20)18-14-4-2-3-13(9-14)10-16/h2-4,9,12,17H,5-8,11H2,1H3,(H,18,20). The van der Waals surface area contributed by atoms with Crippen LogP contribution < -0.4 is 10.6 Å². The number of amides is 1. The molecule has 1 saturated heterocycles. The van der Waals surface area contributed by atoms with E-state index in [1.54, 1.807) is 31.2 Å². The number of nitriles is 1. The summed E-state index contributed by atoms with van der Waals surface area (Å²) >= 11 is 0. The van der Waals surface area contributed by atoms with Gasteiger partial charge in [0, 0.05) is 31.9 Å². The van der Waals surface area contributed by atoms with Crippen molar-refractivity contribution in [2.75, 3.05) is 37.2 Å². The summed E-state index contributed by atoms with van der Waals surface area (Å²) in [5.41, 5.74) is 0.921. The molecule has 0 aliphatic carbocycles. The van der Waals surface area contributed by atoms with Crippen molar-refractivity contribution >= 4 is 21.6 Å². The Hall–Kier alpha value is -1.95. The number of rotatable bonds is 5. The van der Waals surface area contributed by atoms with E-state index in [1.807, 2.05) is 6.07 Å². The van der Waals surface area contributed by atoms with E-state index in [0.29, 0.717) is 37.4 Å². The number of hydrogen-bond acceptors (Lipinski definition) is 5. The van der Waals surface area contributed by atoms with E-state index in [4.69, 9.17) is 5.26 Å². The highest BCUT2D eigenvalue weighted by Crippen LogP contribution is 2.14. The van der Waals surface area contributed by atoms with Crippen molar-refractivity contribution in [1.29, 1.82) is 5.26 Å². The van der Waals surface area contributed by atoms with Gasteiger partial charge in [-0.05, 0) is 18.2 Å². The first kappa shape index (κ1) is 17.4. The van der Waals surface area contributed by atoms with Crippen LogP contribution in [0.3, 0.4) is 0 Å². The van der Waals surface area contributed by atoms with Crippen LogP contribution in [0.4, 0.5) is 5.69 Å². The first-order valence-electron chi connectivity index (χ1n) is 7.42. The number of nitrogens with zero attached hydrogens (tertiary/aromatic N) is 2. The maximum atomic E-state index is 12.3. The SMILES string of the molecule is CC(CS(=O)(=O)N1CCNCC1)C(=O)Nc1cccc(C#N)c1. The summed E-state index contributed by atoms with van der Waals surface area (Å²) < 4.78 is 26.1. The van der Waals surface area contributed by atoms with E-state index in [2.05, 4.69) is 10.6 Å². The van der Waals surface area contributed by atoms with Gasteiger partial charge in [0.2, 0.25) is 15.9 Å². The van der Waals surface area contributed by atoms with Gasteiger partial charge in [0.05, 0.1) is 23.3 Å². The molecule has 124 valence electrons. The lowest BCUT2D eigenvalue weighted by Crippen LogP contribution is -2.48. The molecule has 23 heavy (non-hydrogen) atoms. The molecule has 2 rings (SSSR count). The molecule has 0 bridgehead atoms. The van der Waals surface area contributed by atoms with Crippen LogP contribution in [0, 0.1) is 17.2 Å². The molecular formula is C15H20N4O3S. The van der Waals surface area contributed by atoms with Gasteiger partial charge in [0.15, 0.2) is 0 Å². The molecule has 0 spiro atoms. The van der Waals surface area contributed by atoms with Gasteiger partial charge in [-0.3, -0.25) is 4.79 Å². The number of carbonyl (C=O) groups excluding carboxylic acids is 1. The third kappa shape index (κ3) is 4.76. The number of piperazine rings is 1. The van der Waals surface area contributed by atoms with Crippen molar-refractivity contribution in [2.24, 2.45) is 5.92 Å². The van der Waals surface area contributed by atoms with Gasteiger partial charge in [-0.15, -0.1) is 0 Å². The van der Waals surface area contributed by atoms with Crippen molar-refractivity contribution in [1.82, 2.24) is 9.62 Å². The molecule has 1 aromatic rings. The van der Waals surface area contributed by atoms with Gasteiger partial charge in [0.1, 0.15) is 0 Å². The molecule has 1 unspecified atom stereocenters. The Kier molecular flexibility index (Phi) is 5.71. The summed E-state index contributed by atoms with van der Waals surface area (Å²) in [4.78, 5) is 12.2. The zero-order valence-electron chi connectivity index (χ0n) is 12.9. The molecule has 8 heteroatoms. The molecule has 1 amide bonds. The fourth-order valence-electron chi connectivity index (χ4n) is 2.35. The monoisotopic (exact) mass is 336 g/mol. The van der Waals surface area contributed by atoms with Gasteiger partial charge in [0.25, 0.3) is 0 Å². The molecule has 1 fully saturated rings. The second kappa shape index (κ2) is 7.55. The smallest absolute Gasteiger partial charge is 0.228 e. The van der Waals surface area contributed by atoms with Crippen LogP contribution in [0.25, 0.3) is 0 Å². The lowest BCUT2D eigenvalue weighted by molar-refractivity contribution is -0.118. The lowest BCUT2D eigenvalue weighted by atomic mass is 10.2. The van der Waals surface area contributed by atoms with E-state index in [-0.39, 0.29) is 11.7 Å². The Morgan fingerprint density at radius 1 is 1.43 bits per heavy atom. The molecule has 0 aromatic heterocycles. The second-order valence-electron chi connectivity index (χ2n) is 5.51. The first-order chi connectivity index (χ1) is 10.9. The minimum Gasteiger partial charge on any atom is -0.326 e. The predicted octanol–water partition coefficient (Wildman–Crippen LogP) is 0.368. The van der Waals surface area contributed by atoms with Crippen LogP contribution in [0.1, 0.15) is 12.5 Å². The molecule has 1 aliphatic rings. The summed E-state index contributed by atoms with van der Waals surface area (Å²) in [5, 5.41) is 14.6. The summed E-state index contributed by atoms with van der Waals surface area (Å²) in [6.07, 6.45) is 0. The number of hydrogen-bond donors (Lipinski definition) is 2. The van der Waals surface area contributed by atoms with E-state index in [0.717, 1.165) is 0 Å². The molecule has 1 aliphatic heterocycles. The van der Waals surface area contributed by atoms with Crippen molar-refractivity contribution in [2.45, 2.75) is 6.92 Å². The zero-order valence-corrected chi connectivity index (χ0v) is 13.8. The molecule has 0 radical (unpaired) electrons. The quantitative estimate of drug-likeness (QED) is 0.809. The van der Waals surface area contributed by atoms with Crippen molar-refractivity contribution in [3.8, 4) is 6.07 Å². The Bertz CT molecular complexity index is 706. The highest BCUT2D eigenvalue weighted by Gasteiger charge is 2.28. The van der Waals surface area contributed by atoms with Gasteiger partial charge >= 0.3 is 0 Å². The van der Waals surface area contributed by atoms with Crippen LogP contribution >= 0.6 is 0 Å². The highest BCUT2D eigenvalue weighted by molar-refractivity contribution is 7.89. The highest BCUT2D eigenvalue weighted by atomic mass is 32.2. The molecule has 2 N–H and O–H groups in total. The minimum absolute atomic E-state index is 0.225. The predicted molar refractivity (Wildman–Crippen MR) is 87.2 cm³/mol. The van der Waals surface area contributed by atoms with Crippen molar-refractivity contribution < 1.29 is 13.2 Å². The molecular weight excluding hydrogens is 316 g/mol. The third-order valence-corrected chi connectivity index (χ3v) is 5.71. The van der Waals surface area contributed by atoms with Crippen LogP contribution in [0.5, 0.6) is 0 Å². The topological polar surface area (TPSA) is 102 Å². The summed E-state index contributed by atoms with van der Waals surface area (Å²) in [6.45, 7) is 3.70. The molecule has 1 heterocycles. The van der Waals surface area contributed by atoms with Crippen LogP contribution in [-0.4, -0.2) is 50.6 Å². The number of nitrogens with one attached hydrogen (secondary N) is 2. The van der Waals surface area contributed by atoms with E-state index >= 15 is 0 Å². The lowest BCUT2D eigenvalue weighted by Gasteiger charge is -2.27. The first-order valence-corrected chi connectivity index (χ1v) is 9.03. The van der Waals surface area contributed by atoms with Crippen LogP contribution in [0.2, 0.25) is 0 Å². The van der Waals surface area contributed by atoms with Crippen molar-refractivity contribution in [3.63, 3.8) is 0 Å². The molecule has 7 nitrogen and oxygen atoms in total. The Labute approximate surface area is 136 Å². The van der Waals surface area contributed by atoms with Crippen LogP contribution in [-0.2, 0) is 14.8 Å². The Morgan fingerprint density at radius 2 is 2.13 bits per heavy atom. The Morgan fingerprint density at radius 3 is 2.78 bits per heavy atom. The third-order valence-electron chi connectivity index (χ3n) is 3.64. The minimum atomic E-state index is -3.45. The fraction of sp³-hybridized carbons (Fsp3) is 0.467. The zero-order chi connectivity index (χ0) is 16.9. The molecule has 0 saturated carbocycles. The average Bonchev–Trinajstić information content (AvgIpc) is 2.55. The van der Waals surface area contributed by atoms with E-state index in [9.17, 15) is 13.2 Å². The van der Waals surface area contributed by atoms with Gasteiger partial charge < -0.3 is 10.6 Å².